The fourth-order valence-corrected chi connectivity index (χ4v) is 3.16. The Morgan fingerprint density at radius 1 is 0.955 bits per heavy atom. The summed E-state index contributed by atoms with van der Waals surface area (Å²) >= 11 is 0. The fraction of sp³-hybridized carbons (Fsp3) is 0.333. The number of hydrogen-bond acceptors (Lipinski definition) is 1. The van der Waals surface area contributed by atoms with Crippen molar-refractivity contribution in [3.63, 3.8) is 0 Å². The monoisotopic (exact) mass is 294 g/mol. The van der Waals surface area contributed by atoms with Crippen LogP contribution in [0.3, 0.4) is 0 Å². The molecule has 0 saturated carbocycles. The highest BCUT2D eigenvalue weighted by Crippen LogP contribution is 2.44. The standard InChI is InChI=1S/C21H26O/c1-15(2)11-19-12-18-9-7-8-10-20(18)22-21(19,13-16(3)4)14-17(5)6/h7-10,12H,1,3,5,11,13-14H2,2,4,6H3. The highest BCUT2D eigenvalue weighted by Gasteiger charge is 2.39. The van der Waals surface area contributed by atoms with E-state index in [2.05, 4.69) is 52.7 Å². The van der Waals surface area contributed by atoms with E-state index in [-0.39, 0.29) is 5.60 Å². The molecule has 1 aliphatic rings. The highest BCUT2D eigenvalue weighted by atomic mass is 16.5. The molecule has 1 heteroatoms. The molecule has 0 N–H and O–H groups in total. The summed E-state index contributed by atoms with van der Waals surface area (Å²) in [4.78, 5) is 0. The minimum absolute atomic E-state index is 0.384. The zero-order valence-electron chi connectivity index (χ0n) is 14.0. The van der Waals surface area contributed by atoms with Crippen LogP contribution >= 0.6 is 0 Å². The van der Waals surface area contributed by atoms with Gasteiger partial charge in [-0.25, -0.2) is 0 Å². The van der Waals surface area contributed by atoms with Crippen LogP contribution in [-0.2, 0) is 0 Å². The van der Waals surface area contributed by atoms with Crippen molar-refractivity contribution in [2.24, 2.45) is 0 Å². The quantitative estimate of drug-likeness (QED) is 0.576. The number of para-hydroxylation sites is 1. The molecule has 1 aliphatic heterocycles. The fourth-order valence-electron chi connectivity index (χ4n) is 3.16. The molecule has 22 heavy (non-hydrogen) atoms. The van der Waals surface area contributed by atoms with Crippen LogP contribution in [0.4, 0.5) is 0 Å². The number of rotatable bonds is 6. The first kappa shape index (κ1) is 16.4. The van der Waals surface area contributed by atoms with E-state index in [1.54, 1.807) is 0 Å². The Bertz CT molecular complexity index is 630. The molecule has 0 aliphatic carbocycles. The van der Waals surface area contributed by atoms with Crippen LogP contribution < -0.4 is 4.74 Å². The van der Waals surface area contributed by atoms with Gasteiger partial charge in [-0.3, -0.25) is 0 Å². The molecule has 2 rings (SSSR count). The van der Waals surface area contributed by atoms with Crippen molar-refractivity contribution in [2.75, 3.05) is 0 Å². The molecule has 0 saturated heterocycles. The largest absolute Gasteiger partial charge is 0.482 e. The van der Waals surface area contributed by atoms with Crippen LogP contribution in [0, 0.1) is 0 Å². The van der Waals surface area contributed by atoms with Gasteiger partial charge < -0.3 is 4.74 Å². The van der Waals surface area contributed by atoms with E-state index in [4.69, 9.17) is 4.74 Å². The molecule has 0 atom stereocenters. The minimum atomic E-state index is -0.384. The molecular formula is C21H26O. The molecular weight excluding hydrogens is 268 g/mol. The lowest BCUT2D eigenvalue weighted by Crippen LogP contribution is -2.41. The highest BCUT2D eigenvalue weighted by molar-refractivity contribution is 5.65. The van der Waals surface area contributed by atoms with Gasteiger partial charge in [0, 0.05) is 18.4 Å². The van der Waals surface area contributed by atoms with E-state index in [0.29, 0.717) is 0 Å². The van der Waals surface area contributed by atoms with Gasteiger partial charge in [-0.05, 0) is 44.9 Å². The first-order valence-electron chi connectivity index (χ1n) is 7.74. The number of fused-ring (bicyclic) bond motifs is 1. The Balaban J connectivity index is 2.55. The Kier molecular flexibility index (Phi) is 4.75. The maximum absolute atomic E-state index is 6.52. The molecule has 1 heterocycles. The Morgan fingerprint density at radius 3 is 2.09 bits per heavy atom. The first-order chi connectivity index (χ1) is 10.3. The Hall–Kier alpha value is -2.02. The van der Waals surface area contributed by atoms with Gasteiger partial charge >= 0.3 is 0 Å². The average Bonchev–Trinajstić information content (AvgIpc) is 2.37. The summed E-state index contributed by atoms with van der Waals surface area (Å²) in [6.45, 7) is 18.5. The number of hydrogen-bond donors (Lipinski definition) is 0. The van der Waals surface area contributed by atoms with Crippen molar-refractivity contribution in [1.29, 1.82) is 0 Å². The van der Waals surface area contributed by atoms with Crippen LogP contribution in [0.2, 0.25) is 0 Å². The van der Waals surface area contributed by atoms with Crippen molar-refractivity contribution >= 4 is 6.08 Å². The van der Waals surface area contributed by atoms with E-state index in [0.717, 1.165) is 47.3 Å². The van der Waals surface area contributed by atoms with Crippen molar-refractivity contribution < 1.29 is 4.74 Å². The topological polar surface area (TPSA) is 9.23 Å². The molecule has 1 nitrogen and oxygen atoms in total. The van der Waals surface area contributed by atoms with E-state index < -0.39 is 0 Å². The van der Waals surface area contributed by atoms with Gasteiger partial charge in [0.25, 0.3) is 0 Å². The zero-order valence-corrected chi connectivity index (χ0v) is 14.0. The molecule has 0 spiro atoms. The van der Waals surface area contributed by atoms with Crippen LogP contribution in [-0.4, -0.2) is 5.60 Å². The predicted molar refractivity (Wildman–Crippen MR) is 96.1 cm³/mol. The summed E-state index contributed by atoms with van der Waals surface area (Å²) in [6, 6.07) is 8.19. The van der Waals surface area contributed by atoms with Gasteiger partial charge in [-0.2, -0.15) is 0 Å². The van der Waals surface area contributed by atoms with Gasteiger partial charge in [0.1, 0.15) is 11.4 Å². The molecule has 0 aromatic heterocycles. The van der Waals surface area contributed by atoms with Gasteiger partial charge in [0.15, 0.2) is 0 Å². The van der Waals surface area contributed by atoms with Crippen LogP contribution in [0.5, 0.6) is 5.75 Å². The zero-order chi connectivity index (χ0) is 16.3. The molecule has 1 aromatic rings. The lowest BCUT2D eigenvalue weighted by atomic mass is 9.77. The summed E-state index contributed by atoms with van der Waals surface area (Å²) in [5.74, 6) is 0.940. The molecule has 1 aromatic carbocycles. The number of benzene rings is 1. The van der Waals surface area contributed by atoms with Crippen molar-refractivity contribution in [2.45, 2.75) is 45.6 Å². The summed E-state index contributed by atoms with van der Waals surface area (Å²) in [7, 11) is 0. The minimum Gasteiger partial charge on any atom is -0.482 e. The predicted octanol–water partition coefficient (Wildman–Crippen LogP) is 6.10. The lowest BCUT2D eigenvalue weighted by Gasteiger charge is -2.41. The summed E-state index contributed by atoms with van der Waals surface area (Å²) in [5.41, 5.74) is 5.40. The van der Waals surface area contributed by atoms with Gasteiger partial charge in [-0.1, -0.05) is 54.7 Å². The third-order valence-electron chi connectivity index (χ3n) is 3.81. The molecule has 0 unspecified atom stereocenters. The van der Waals surface area contributed by atoms with E-state index in [1.165, 1.54) is 5.57 Å². The smallest absolute Gasteiger partial charge is 0.138 e. The summed E-state index contributed by atoms with van der Waals surface area (Å²) in [6.07, 6.45) is 4.70. The van der Waals surface area contributed by atoms with Crippen molar-refractivity contribution in [3.8, 4) is 5.75 Å². The maximum Gasteiger partial charge on any atom is 0.138 e. The normalized spacial score (nSPS) is 15.3. The molecule has 116 valence electrons. The van der Waals surface area contributed by atoms with Crippen LogP contribution in [0.15, 0.2) is 66.3 Å². The molecule has 0 amide bonds. The lowest BCUT2D eigenvalue weighted by molar-refractivity contribution is 0.102. The summed E-state index contributed by atoms with van der Waals surface area (Å²) < 4.78 is 6.52. The van der Waals surface area contributed by atoms with Gasteiger partial charge in [-0.15, -0.1) is 0 Å². The third-order valence-corrected chi connectivity index (χ3v) is 3.81. The summed E-state index contributed by atoms with van der Waals surface area (Å²) in [5, 5.41) is 0. The molecule has 0 radical (unpaired) electrons. The average molecular weight is 294 g/mol. The van der Waals surface area contributed by atoms with Crippen LogP contribution in [0.25, 0.3) is 6.08 Å². The molecule has 0 bridgehead atoms. The second-order valence-electron chi connectivity index (χ2n) is 6.71. The van der Waals surface area contributed by atoms with Gasteiger partial charge in [0.05, 0.1) is 0 Å². The van der Waals surface area contributed by atoms with E-state index >= 15 is 0 Å². The van der Waals surface area contributed by atoms with E-state index in [1.807, 2.05) is 18.2 Å². The van der Waals surface area contributed by atoms with E-state index in [9.17, 15) is 0 Å². The third kappa shape index (κ3) is 3.59. The van der Waals surface area contributed by atoms with Crippen molar-refractivity contribution in [3.05, 3.63) is 71.9 Å². The molecule has 0 fully saturated rings. The van der Waals surface area contributed by atoms with Gasteiger partial charge in [0.2, 0.25) is 0 Å². The number of allylic oxidation sites excluding steroid dienone is 1. The maximum atomic E-state index is 6.52. The second kappa shape index (κ2) is 6.39. The van der Waals surface area contributed by atoms with Crippen LogP contribution in [0.1, 0.15) is 45.6 Å². The number of ether oxygens (including phenoxy) is 1. The Morgan fingerprint density at radius 2 is 1.55 bits per heavy atom. The first-order valence-corrected chi connectivity index (χ1v) is 7.74. The second-order valence-corrected chi connectivity index (χ2v) is 6.71. The van der Waals surface area contributed by atoms with Crippen molar-refractivity contribution in [1.82, 2.24) is 0 Å². The SMILES string of the molecule is C=C(C)CC1=Cc2ccccc2OC1(CC(=C)C)CC(=C)C. The Labute approximate surface area is 134 Å².